The van der Waals surface area contributed by atoms with Crippen LogP contribution in [-0.4, -0.2) is 17.2 Å². The molecule has 0 radical (unpaired) electrons. The van der Waals surface area contributed by atoms with E-state index in [1.165, 1.54) is 0 Å². The molecule has 0 aliphatic rings. The van der Waals surface area contributed by atoms with E-state index in [2.05, 4.69) is 5.32 Å². The molecular formula is C16H20N2O2. The van der Waals surface area contributed by atoms with Gasteiger partial charge >= 0.3 is 0 Å². The van der Waals surface area contributed by atoms with Crippen LogP contribution in [0.5, 0.6) is 5.75 Å². The predicted molar refractivity (Wildman–Crippen MR) is 81.4 cm³/mol. The minimum Gasteiger partial charge on any atom is -0.491 e. The van der Waals surface area contributed by atoms with E-state index in [4.69, 9.17) is 4.74 Å². The summed E-state index contributed by atoms with van der Waals surface area (Å²) in [6.07, 6.45) is 1.97. The Morgan fingerprint density at radius 3 is 2.55 bits per heavy atom. The zero-order chi connectivity index (χ0) is 14.4. The molecule has 0 fully saturated rings. The Morgan fingerprint density at radius 1 is 1.15 bits per heavy atom. The molecule has 4 nitrogen and oxygen atoms in total. The van der Waals surface area contributed by atoms with Crippen LogP contribution in [0.25, 0.3) is 0 Å². The van der Waals surface area contributed by atoms with E-state index in [1.54, 1.807) is 22.9 Å². The van der Waals surface area contributed by atoms with Crippen LogP contribution in [0.2, 0.25) is 0 Å². The van der Waals surface area contributed by atoms with Gasteiger partial charge < -0.3 is 14.6 Å². The van der Waals surface area contributed by atoms with E-state index in [9.17, 15) is 4.79 Å². The summed E-state index contributed by atoms with van der Waals surface area (Å²) in [4.78, 5) is 11.5. The Bertz CT molecular complexity index is 588. The van der Waals surface area contributed by atoms with E-state index < -0.39 is 0 Å². The van der Waals surface area contributed by atoms with Gasteiger partial charge in [-0.05, 0) is 44.2 Å². The minimum atomic E-state index is 0.0231. The Morgan fingerprint density at radius 2 is 1.90 bits per heavy atom. The molecule has 0 aliphatic heterocycles. The van der Waals surface area contributed by atoms with Crippen molar-refractivity contribution in [3.8, 4) is 5.75 Å². The number of nitrogens with one attached hydrogen (secondary N) is 1. The lowest BCUT2D eigenvalue weighted by Crippen LogP contribution is -2.21. The van der Waals surface area contributed by atoms with Crippen LogP contribution in [0.1, 0.15) is 13.8 Å². The number of pyridine rings is 1. The smallest absolute Gasteiger partial charge is 0.250 e. The fourth-order valence-electron chi connectivity index (χ4n) is 1.89. The van der Waals surface area contributed by atoms with Gasteiger partial charge in [0.25, 0.3) is 5.56 Å². The highest BCUT2D eigenvalue weighted by Gasteiger charge is 1.98. The van der Waals surface area contributed by atoms with Gasteiger partial charge in [0, 0.05) is 31.0 Å². The minimum absolute atomic E-state index is 0.0231. The van der Waals surface area contributed by atoms with E-state index in [-0.39, 0.29) is 11.7 Å². The van der Waals surface area contributed by atoms with Crippen molar-refractivity contribution in [1.29, 1.82) is 0 Å². The molecule has 1 N–H and O–H groups in total. The van der Waals surface area contributed by atoms with Gasteiger partial charge in [-0.25, -0.2) is 0 Å². The summed E-state index contributed by atoms with van der Waals surface area (Å²) < 4.78 is 7.27. The van der Waals surface area contributed by atoms with Crippen molar-refractivity contribution in [3.05, 3.63) is 59.0 Å². The van der Waals surface area contributed by atoms with Crippen LogP contribution in [0, 0.1) is 0 Å². The second-order valence-electron chi connectivity index (χ2n) is 4.85. The van der Waals surface area contributed by atoms with Crippen molar-refractivity contribution in [3.63, 3.8) is 0 Å². The summed E-state index contributed by atoms with van der Waals surface area (Å²) >= 11 is 0. The predicted octanol–water partition coefficient (Wildman–Crippen LogP) is 2.75. The number of benzene rings is 1. The fourth-order valence-corrected chi connectivity index (χ4v) is 1.89. The molecule has 2 aromatic rings. The van der Waals surface area contributed by atoms with Gasteiger partial charge in [0.1, 0.15) is 5.75 Å². The zero-order valence-corrected chi connectivity index (χ0v) is 11.9. The molecule has 1 aromatic carbocycles. The molecule has 4 heteroatoms. The molecule has 0 bridgehead atoms. The largest absolute Gasteiger partial charge is 0.491 e. The van der Waals surface area contributed by atoms with Gasteiger partial charge in [-0.3, -0.25) is 4.79 Å². The van der Waals surface area contributed by atoms with Gasteiger partial charge in [-0.1, -0.05) is 6.07 Å². The highest BCUT2D eigenvalue weighted by atomic mass is 16.5. The molecule has 0 amide bonds. The van der Waals surface area contributed by atoms with E-state index in [0.29, 0.717) is 13.1 Å². The molecule has 0 saturated heterocycles. The lowest BCUT2D eigenvalue weighted by atomic mass is 10.3. The van der Waals surface area contributed by atoms with Crippen LogP contribution in [0.4, 0.5) is 5.69 Å². The first kappa shape index (κ1) is 14.2. The van der Waals surface area contributed by atoms with Crippen LogP contribution >= 0.6 is 0 Å². The second-order valence-corrected chi connectivity index (χ2v) is 4.85. The van der Waals surface area contributed by atoms with Crippen LogP contribution in [-0.2, 0) is 6.54 Å². The molecule has 2 rings (SSSR count). The first-order valence-electron chi connectivity index (χ1n) is 6.81. The summed E-state index contributed by atoms with van der Waals surface area (Å²) in [6, 6.07) is 13.0. The molecule has 0 saturated carbocycles. The van der Waals surface area contributed by atoms with Gasteiger partial charge in [0.05, 0.1) is 6.10 Å². The SMILES string of the molecule is CC(C)Oc1ccc(NCCn2ccccc2=O)cc1. The van der Waals surface area contributed by atoms with E-state index in [0.717, 1.165) is 11.4 Å². The lowest BCUT2D eigenvalue weighted by Gasteiger charge is -2.11. The monoisotopic (exact) mass is 272 g/mol. The van der Waals surface area contributed by atoms with Gasteiger partial charge in [-0.15, -0.1) is 0 Å². The Hall–Kier alpha value is -2.23. The lowest BCUT2D eigenvalue weighted by molar-refractivity contribution is 0.242. The highest BCUT2D eigenvalue weighted by Crippen LogP contribution is 2.16. The number of anilines is 1. The van der Waals surface area contributed by atoms with Crippen LogP contribution in [0.3, 0.4) is 0 Å². The number of nitrogens with zero attached hydrogens (tertiary/aromatic N) is 1. The number of rotatable bonds is 6. The van der Waals surface area contributed by atoms with Crippen LogP contribution in [0.15, 0.2) is 53.5 Å². The van der Waals surface area contributed by atoms with Crippen molar-refractivity contribution in [1.82, 2.24) is 4.57 Å². The third-order valence-corrected chi connectivity index (χ3v) is 2.81. The molecule has 20 heavy (non-hydrogen) atoms. The summed E-state index contributed by atoms with van der Waals surface area (Å²) in [5, 5.41) is 3.29. The topological polar surface area (TPSA) is 43.3 Å². The van der Waals surface area contributed by atoms with E-state index >= 15 is 0 Å². The maximum Gasteiger partial charge on any atom is 0.250 e. The van der Waals surface area contributed by atoms with E-state index in [1.807, 2.05) is 44.2 Å². The summed E-state index contributed by atoms with van der Waals surface area (Å²) in [5.74, 6) is 0.866. The average Bonchev–Trinajstić information content (AvgIpc) is 2.42. The van der Waals surface area contributed by atoms with Crippen molar-refractivity contribution in [2.24, 2.45) is 0 Å². The molecule has 0 aliphatic carbocycles. The molecule has 0 atom stereocenters. The fraction of sp³-hybridized carbons (Fsp3) is 0.312. The number of hydrogen-bond acceptors (Lipinski definition) is 3. The normalized spacial score (nSPS) is 10.6. The second kappa shape index (κ2) is 6.80. The maximum absolute atomic E-state index is 11.5. The summed E-state index contributed by atoms with van der Waals surface area (Å²) in [7, 11) is 0. The Kier molecular flexibility index (Phi) is 4.82. The number of aromatic nitrogens is 1. The molecule has 1 heterocycles. The van der Waals surface area contributed by atoms with Crippen molar-refractivity contribution in [2.75, 3.05) is 11.9 Å². The summed E-state index contributed by atoms with van der Waals surface area (Å²) in [5.41, 5.74) is 1.04. The molecular weight excluding hydrogens is 252 g/mol. The van der Waals surface area contributed by atoms with Gasteiger partial charge in [0.15, 0.2) is 0 Å². The standard InChI is InChI=1S/C16H20N2O2/c1-13(2)20-15-8-6-14(7-9-15)17-10-12-18-11-4-3-5-16(18)19/h3-9,11,13,17H,10,12H2,1-2H3. The maximum atomic E-state index is 11.5. The average molecular weight is 272 g/mol. The number of ether oxygens (including phenoxy) is 1. The van der Waals surface area contributed by atoms with Crippen molar-refractivity contribution >= 4 is 5.69 Å². The Balaban J connectivity index is 1.85. The first-order valence-corrected chi connectivity index (χ1v) is 6.81. The molecule has 1 aromatic heterocycles. The van der Waals surface area contributed by atoms with Crippen molar-refractivity contribution < 1.29 is 4.74 Å². The van der Waals surface area contributed by atoms with Gasteiger partial charge in [-0.2, -0.15) is 0 Å². The molecule has 0 spiro atoms. The van der Waals surface area contributed by atoms with Gasteiger partial charge in [0.2, 0.25) is 0 Å². The third kappa shape index (κ3) is 4.16. The molecule has 0 unspecified atom stereocenters. The van der Waals surface area contributed by atoms with Crippen LogP contribution < -0.4 is 15.6 Å². The quantitative estimate of drug-likeness (QED) is 0.879. The zero-order valence-electron chi connectivity index (χ0n) is 11.9. The number of hydrogen-bond donors (Lipinski definition) is 1. The highest BCUT2D eigenvalue weighted by molar-refractivity contribution is 5.46. The third-order valence-electron chi connectivity index (χ3n) is 2.81. The van der Waals surface area contributed by atoms with Crippen molar-refractivity contribution in [2.45, 2.75) is 26.5 Å². The summed E-state index contributed by atoms with van der Waals surface area (Å²) in [6.45, 7) is 5.35. The molecule has 106 valence electrons. The first-order chi connectivity index (χ1) is 9.65. The Labute approximate surface area is 119 Å².